The second-order valence-corrected chi connectivity index (χ2v) is 9.30. The van der Waals surface area contributed by atoms with Gasteiger partial charge < -0.3 is 14.6 Å². The topological polar surface area (TPSA) is 95.2 Å². The number of rotatable bonds is 9. The maximum Gasteiger partial charge on any atom is 0.265 e. The molecule has 0 saturated carbocycles. The lowest BCUT2D eigenvalue weighted by Crippen LogP contribution is -2.26. The van der Waals surface area contributed by atoms with Gasteiger partial charge in [-0.05, 0) is 12.5 Å². The van der Waals surface area contributed by atoms with E-state index >= 15 is 0 Å². The molecule has 3 aromatic heterocycles. The summed E-state index contributed by atoms with van der Waals surface area (Å²) >= 11 is 1.23. The second-order valence-electron chi connectivity index (χ2n) is 8.28. The van der Waals surface area contributed by atoms with Crippen LogP contribution in [0.15, 0.2) is 78.1 Å². The van der Waals surface area contributed by atoms with Crippen LogP contribution in [-0.2, 0) is 13.1 Å². The number of pyridine rings is 1. The first-order valence-electron chi connectivity index (χ1n) is 11.5. The fourth-order valence-electron chi connectivity index (χ4n) is 4.27. The van der Waals surface area contributed by atoms with Crippen molar-refractivity contribution in [2.24, 2.45) is 0 Å². The molecule has 1 amide bonds. The molecule has 0 spiro atoms. The third-order valence-electron chi connectivity index (χ3n) is 6.01. The van der Waals surface area contributed by atoms with E-state index in [1.165, 1.54) is 23.0 Å². The highest BCUT2D eigenvalue weighted by atomic mass is 32.1. The molecule has 5 aromatic rings. The van der Waals surface area contributed by atoms with Gasteiger partial charge in [-0.1, -0.05) is 48.5 Å². The molecular formula is C27H24N4O4S. The predicted octanol–water partition coefficient (Wildman–Crippen LogP) is 4.12. The van der Waals surface area contributed by atoms with Crippen LogP contribution >= 0.6 is 11.3 Å². The van der Waals surface area contributed by atoms with Gasteiger partial charge in [0.05, 0.1) is 30.2 Å². The van der Waals surface area contributed by atoms with E-state index in [0.29, 0.717) is 32.6 Å². The monoisotopic (exact) mass is 500 g/mol. The predicted molar refractivity (Wildman–Crippen MR) is 140 cm³/mol. The minimum absolute atomic E-state index is 0.117. The number of methoxy groups -OCH3 is 1. The van der Waals surface area contributed by atoms with Gasteiger partial charge in [-0.25, -0.2) is 4.98 Å². The molecule has 5 rings (SSSR count). The standard InChI is InChI=1S/C27H24N4O4S/c1-35-23-22-24(36-25(23)26(33)29-12-7-14-30-15-13-28-17-30)19-10-5-6-11-20(19)31(27(22)34)16-21(32)18-8-3-2-4-9-18/h2-6,8-11,13,15,17H,7,12,14,16H2,1H3,(H,29,33). The highest BCUT2D eigenvalue weighted by molar-refractivity contribution is 7.22. The molecule has 3 heterocycles. The Kier molecular flexibility index (Phi) is 6.64. The van der Waals surface area contributed by atoms with Crippen molar-refractivity contribution in [2.75, 3.05) is 13.7 Å². The number of hydrogen-bond donors (Lipinski definition) is 1. The molecule has 1 N–H and O–H groups in total. The Morgan fingerprint density at radius 3 is 2.61 bits per heavy atom. The Balaban J connectivity index is 1.52. The summed E-state index contributed by atoms with van der Waals surface area (Å²) in [5.74, 6) is -0.236. The van der Waals surface area contributed by atoms with Gasteiger partial charge in [0.25, 0.3) is 11.5 Å². The van der Waals surface area contributed by atoms with Crippen LogP contribution < -0.4 is 15.6 Å². The minimum Gasteiger partial charge on any atom is -0.494 e. The first-order valence-corrected chi connectivity index (χ1v) is 12.3. The van der Waals surface area contributed by atoms with E-state index in [0.717, 1.165) is 18.4 Å². The average Bonchev–Trinajstić information content (AvgIpc) is 3.57. The molecule has 0 bridgehead atoms. The first kappa shape index (κ1) is 23.5. The summed E-state index contributed by atoms with van der Waals surface area (Å²) in [5.41, 5.74) is 0.803. The Bertz CT molecular complexity index is 1600. The lowest BCUT2D eigenvalue weighted by Gasteiger charge is -2.11. The number of nitrogens with one attached hydrogen (secondary N) is 1. The van der Waals surface area contributed by atoms with Crippen LogP contribution in [0.25, 0.3) is 21.0 Å². The Labute approximate surface area is 210 Å². The Morgan fingerprint density at radius 2 is 1.86 bits per heavy atom. The Morgan fingerprint density at radius 1 is 1.08 bits per heavy atom. The number of para-hydroxylation sites is 1. The quantitative estimate of drug-likeness (QED) is 0.243. The number of carbonyl (C=O) groups is 2. The van der Waals surface area contributed by atoms with Crippen LogP contribution in [0.3, 0.4) is 0 Å². The van der Waals surface area contributed by atoms with Crippen LogP contribution in [0.5, 0.6) is 5.75 Å². The molecular weight excluding hydrogens is 476 g/mol. The van der Waals surface area contributed by atoms with Gasteiger partial charge >= 0.3 is 0 Å². The number of ether oxygens (including phenoxy) is 1. The molecule has 0 fully saturated rings. The number of fused-ring (bicyclic) bond motifs is 3. The summed E-state index contributed by atoms with van der Waals surface area (Å²) in [5, 5.41) is 4.03. The second kappa shape index (κ2) is 10.2. The van der Waals surface area contributed by atoms with E-state index < -0.39 is 0 Å². The first-order chi connectivity index (χ1) is 17.6. The third kappa shape index (κ3) is 4.40. The molecule has 0 aliphatic rings. The molecule has 8 nitrogen and oxygen atoms in total. The van der Waals surface area contributed by atoms with E-state index in [2.05, 4.69) is 10.3 Å². The molecule has 0 atom stereocenters. The van der Waals surface area contributed by atoms with Crippen LogP contribution in [0.4, 0.5) is 0 Å². The third-order valence-corrected chi connectivity index (χ3v) is 7.21. The number of amides is 1. The zero-order chi connectivity index (χ0) is 25.1. The number of ketones is 1. The number of thiophene rings is 1. The molecule has 0 radical (unpaired) electrons. The van der Waals surface area contributed by atoms with Gasteiger partial charge in [-0.15, -0.1) is 11.3 Å². The van der Waals surface area contributed by atoms with Crippen LogP contribution in [0.2, 0.25) is 0 Å². The van der Waals surface area contributed by atoms with Crippen LogP contribution in [0.1, 0.15) is 26.5 Å². The van der Waals surface area contributed by atoms with Crippen molar-refractivity contribution in [2.45, 2.75) is 19.5 Å². The highest BCUT2D eigenvalue weighted by Crippen LogP contribution is 2.39. The number of Topliss-reactive ketones (excluding diaryl/α,β-unsaturated/α-hetero) is 1. The van der Waals surface area contributed by atoms with Gasteiger partial charge in [-0.3, -0.25) is 19.0 Å². The van der Waals surface area contributed by atoms with E-state index in [1.54, 1.807) is 36.8 Å². The Hall–Kier alpha value is -4.24. The van der Waals surface area contributed by atoms with E-state index in [4.69, 9.17) is 4.74 Å². The molecule has 2 aromatic carbocycles. The van der Waals surface area contributed by atoms with Crippen molar-refractivity contribution in [1.29, 1.82) is 0 Å². The van der Waals surface area contributed by atoms with Crippen LogP contribution in [0, 0.1) is 0 Å². The fourth-order valence-corrected chi connectivity index (χ4v) is 5.48. The molecule has 182 valence electrons. The van der Waals surface area contributed by atoms with Crippen molar-refractivity contribution < 1.29 is 14.3 Å². The van der Waals surface area contributed by atoms with Crippen LogP contribution in [-0.4, -0.2) is 39.5 Å². The number of nitrogens with zero attached hydrogens (tertiary/aromatic N) is 3. The molecule has 0 saturated heterocycles. The summed E-state index contributed by atoms with van der Waals surface area (Å²) in [4.78, 5) is 44.1. The number of benzene rings is 2. The molecule has 0 aliphatic heterocycles. The molecule has 36 heavy (non-hydrogen) atoms. The summed E-state index contributed by atoms with van der Waals surface area (Å²) < 4.78 is 9.67. The molecule has 0 aliphatic carbocycles. The van der Waals surface area contributed by atoms with Gasteiger partial charge in [0.1, 0.15) is 10.3 Å². The molecule has 9 heteroatoms. The number of hydrogen-bond acceptors (Lipinski definition) is 6. The van der Waals surface area contributed by atoms with Crippen molar-refractivity contribution in [3.05, 3.63) is 94.1 Å². The zero-order valence-corrected chi connectivity index (χ0v) is 20.5. The van der Waals surface area contributed by atoms with Gasteiger partial charge in [-0.2, -0.15) is 0 Å². The maximum absolute atomic E-state index is 13.7. The lowest BCUT2D eigenvalue weighted by atomic mass is 10.1. The van der Waals surface area contributed by atoms with Crippen molar-refractivity contribution >= 4 is 44.0 Å². The number of aryl methyl sites for hydroxylation is 1. The molecule has 0 unspecified atom stereocenters. The smallest absolute Gasteiger partial charge is 0.265 e. The normalized spacial score (nSPS) is 11.1. The largest absolute Gasteiger partial charge is 0.494 e. The maximum atomic E-state index is 13.7. The summed E-state index contributed by atoms with van der Waals surface area (Å²) in [7, 11) is 1.45. The van der Waals surface area contributed by atoms with Gasteiger partial charge in [0, 0.05) is 36.4 Å². The average molecular weight is 501 g/mol. The van der Waals surface area contributed by atoms with Crippen molar-refractivity contribution in [3.8, 4) is 5.75 Å². The van der Waals surface area contributed by atoms with Gasteiger partial charge in [0.15, 0.2) is 11.5 Å². The highest BCUT2D eigenvalue weighted by Gasteiger charge is 2.25. The summed E-state index contributed by atoms with van der Waals surface area (Å²) in [6.45, 7) is 1.08. The van der Waals surface area contributed by atoms with E-state index in [1.807, 2.05) is 41.1 Å². The SMILES string of the molecule is COc1c(C(=O)NCCCn2ccnc2)sc2c1c(=O)n(CC(=O)c1ccccc1)c1ccccc21. The van der Waals surface area contributed by atoms with E-state index in [-0.39, 0.29) is 29.5 Å². The lowest BCUT2D eigenvalue weighted by molar-refractivity contribution is 0.0950. The van der Waals surface area contributed by atoms with Crippen molar-refractivity contribution in [3.63, 3.8) is 0 Å². The van der Waals surface area contributed by atoms with Crippen molar-refractivity contribution in [1.82, 2.24) is 19.4 Å². The number of imidazole rings is 1. The van der Waals surface area contributed by atoms with E-state index in [9.17, 15) is 14.4 Å². The van der Waals surface area contributed by atoms with Gasteiger partial charge in [0.2, 0.25) is 0 Å². The zero-order valence-electron chi connectivity index (χ0n) is 19.6. The summed E-state index contributed by atoms with van der Waals surface area (Å²) in [6, 6.07) is 16.3. The summed E-state index contributed by atoms with van der Waals surface area (Å²) in [6.07, 6.45) is 6.04. The number of aromatic nitrogens is 3. The minimum atomic E-state index is -0.361. The number of carbonyl (C=O) groups excluding carboxylic acids is 2. The fraction of sp³-hybridized carbons (Fsp3) is 0.185.